The fraction of sp³-hybridized carbons (Fsp3) is 0.242. The molecule has 3 heterocycles. The summed E-state index contributed by atoms with van der Waals surface area (Å²) in [5.74, 6) is 0.557. The number of hydrogen-bond donors (Lipinski definition) is 3. The Morgan fingerprint density at radius 1 is 0.976 bits per heavy atom. The van der Waals surface area contributed by atoms with E-state index < -0.39 is 0 Å². The van der Waals surface area contributed by atoms with Gasteiger partial charge in [-0.25, -0.2) is 9.66 Å². The van der Waals surface area contributed by atoms with Crippen LogP contribution in [-0.2, 0) is 6.42 Å². The molecule has 3 N–H and O–H groups in total. The average Bonchev–Trinajstić information content (AvgIpc) is 3.47. The second-order valence-electron chi connectivity index (χ2n) is 10.7. The summed E-state index contributed by atoms with van der Waals surface area (Å²) in [7, 11) is 0. The van der Waals surface area contributed by atoms with Gasteiger partial charge in [-0.05, 0) is 60.9 Å². The molecule has 0 saturated carbocycles. The summed E-state index contributed by atoms with van der Waals surface area (Å²) in [5.41, 5.74) is 8.85. The number of imidazole rings is 1. The molecule has 1 atom stereocenters. The number of nitrogens with one attached hydrogen (secondary N) is 2. The van der Waals surface area contributed by atoms with Crippen LogP contribution in [-0.4, -0.2) is 69.4 Å². The molecule has 42 heavy (non-hydrogen) atoms. The van der Waals surface area contributed by atoms with Crippen molar-refractivity contribution in [3.8, 4) is 11.4 Å². The van der Waals surface area contributed by atoms with Crippen LogP contribution in [0.3, 0.4) is 0 Å². The van der Waals surface area contributed by atoms with E-state index in [1.807, 2.05) is 72.5 Å². The number of aromatic nitrogens is 3. The van der Waals surface area contributed by atoms with Crippen LogP contribution in [0.4, 0.5) is 5.69 Å². The van der Waals surface area contributed by atoms with Crippen molar-refractivity contribution in [2.75, 3.05) is 43.1 Å². The van der Waals surface area contributed by atoms with Crippen molar-refractivity contribution >= 4 is 22.6 Å². The summed E-state index contributed by atoms with van der Waals surface area (Å²) in [6, 6.07) is 26.7. The number of aliphatic hydroxyl groups excluding tert-OH is 1. The standard InChI is InChI=1S/C33H34N6O3/c1-23-19-27(37-15-17-38(18-16-37)32(41)25-11-6-3-7-12-25)21-29-30(23)35-31(34-29)28-13-8-14-39(33(28)42)36-26(22-40)20-24-9-4-2-5-10-24/h2-14,19,21,26,36,40H,15-18,20,22H2,1H3,(H,34,35). The van der Waals surface area contributed by atoms with Crippen molar-refractivity contribution in [3.05, 3.63) is 118 Å². The number of fused-ring (bicyclic) bond motifs is 1. The van der Waals surface area contributed by atoms with E-state index in [1.54, 1.807) is 18.3 Å². The second-order valence-corrected chi connectivity index (χ2v) is 10.7. The van der Waals surface area contributed by atoms with Gasteiger partial charge < -0.3 is 25.3 Å². The molecule has 1 fully saturated rings. The number of carbonyl (C=O) groups is 1. The molecule has 1 aliphatic rings. The van der Waals surface area contributed by atoms with E-state index in [4.69, 9.17) is 4.98 Å². The van der Waals surface area contributed by atoms with Crippen LogP contribution in [0, 0.1) is 6.92 Å². The van der Waals surface area contributed by atoms with Gasteiger partial charge in [0.05, 0.1) is 29.2 Å². The number of benzene rings is 3. The molecule has 1 saturated heterocycles. The molecule has 0 radical (unpaired) electrons. The molecule has 9 heteroatoms. The zero-order chi connectivity index (χ0) is 29.1. The molecular weight excluding hydrogens is 528 g/mol. The third kappa shape index (κ3) is 5.64. The molecule has 1 unspecified atom stereocenters. The van der Waals surface area contributed by atoms with Crippen LogP contribution in [0.2, 0.25) is 0 Å². The van der Waals surface area contributed by atoms with Crippen LogP contribution in [0.15, 0.2) is 95.9 Å². The molecule has 6 rings (SSSR count). The fourth-order valence-corrected chi connectivity index (χ4v) is 5.53. The highest BCUT2D eigenvalue weighted by molar-refractivity contribution is 5.94. The summed E-state index contributed by atoms with van der Waals surface area (Å²) in [4.78, 5) is 38.7. The first-order valence-corrected chi connectivity index (χ1v) is 14.2. The van der Waals surface area contributed by atoms with Crippen molar-refractivity contribution in [1.29, 1.82) is 0 Å². The third-order valence-electron chi connectivity index (χ3n) is 7.78. The third-order valence-corrected chi connectivity index (χ3v) is 7.78. The van der Waals surface area contributed by atoms with Crippen LogP contribution < -0.4 is 15.9 Å². The first-order chi connectivity index (χ1) is 20.5. The van der Waals surface area contributed by atoms with Crippen LogP contribution in [0.5, 0.6) is 0 Å². The van der Waals surface area contributed by atoms with Gasteiger partial charge >= 0.3 is 0 Å². The molecule has 9 nitrogen and oxygen atoms in total. The topological polar surface area (TPSA) is 106 Å². The van der Waals surface area contributed by atoms with Gasteiger partial charge in [0.25, 0.3) is 11.5 Å². The fourth-order valence-electron chi connectivity index (χ4n) is 5.53. The monoisotopic (exact) mass is 562 g/mol. The Kier molecular flexibility index (Phi) is 7.74. The second kappa shape index (κ2) is 11.9. The molecule has 5 aromatic rings. The molecule has 0 aliphatic carbocycles. The molecule has 3 aromatic carbocycles. The van der Waals surface area contributed by atoms with E-state index in [1.165, 1.54) is 4.68 Å². The van der Waals surface area contributed by atoms with Gasteiger partial charge in [0.15, 0.2) is 0 Å². The molecule has 1 aliphatic heterocycles. The molecule has 2 aromatic heterocycles. The number of aliphatic hydroxyl groups is 1. The van der Waals surface area contributed by atoms with Crippen molar-refractivity contribution in [2.24, 2.45) is 0 Å². The summed E-state index contributed by atoms with van der Waals surface area (Å²) in [5, 5.41) is 9.96. The predicted octanol–water partition coefficient (Wildman–Crippen LogP) is 3.81. The Morgan fingerprint density at radius 2 is 1.69 bits per heavy atom. The summed E-state index contributed by atoms with van der Waals surface area (Å²) in [6.45, 7) is 4.66. The highest BCUT2D eigenvalue weighted by atomic mass is 16.3. The SMILES string of the molecule is Cc1cc(N2CCN(C(=O)c3ccccc3)CC2)cc2[nH]c(-c3cccn(NC(CO)Cc4ccccc4)c3=O)nc12. The lowest BCUT2D eigenvalue weighted by Gasteiger charge is -2.36. The van der Waals surface area contributed by atoms with Crippen molar-refractivity contribution in [1.82, 2.24) is 19.5 Å². The largest absolute Gasteiger partial charge is 0.394 e. The molecule has 214 valence electrons. The number of hydrogen-bond acceptors (Lipinski definition) is 6. The lowest BCUT2D eigenvalue weighted by atomic mass is 10.1. The summed E-state index contributed by atoms with van der Waals surface area (Å²) in [6.07, 6.45) is 2.24. The zero-order valence-corrected chi connectivity index (χ0v) is 23.5. The molecular formula is C33H34N6O3. The van der Waals surface area contributed by atoms with Gasteiger partial charge in [0.1, 0.15) is 5.82 Å². The maximum Gasteiger partial charge on any atom is 0.279 e. The number of carbonyl (C=O) groups excluding carboxylic acids is 1. The minimum atomic E-state index is -0.329. The number of H-pyrrole nitrogens is 1. The van der Waals surface area contributed by atoms with E-state index in [-0.39, 0.29) is 24.1 Å². The zero-order valence-electron chi connectivity index (χ0n) is 23.5. The van der Waals surface area contributed by atoms with Crippen molar-refractivity contribution < 1.29 is 9.90 Å². The lowest BCUT2D eigenvalue weighted by Crippen LogP contribution is -2.48. The van der Waals surface area contributed by atoms with Gasteiger partial charge in [-0.3, -0.25) is 9.59 Å². The van der Waals surface area contributed by atoms with Gasteiger partial charge in [0, 0.05) is 43.6 Å². The van der Waals surface area contributed by atoms with E-state index in [0.717, 1.165) is 40.9 Å². The Morgan fingerprint density at radius 3 is 2.40 bits per heavy atom. The van der Waals surface area contributed by atoms with Crippen molar-refractivity contribution in [2.45, 2.75) is 19.4 Å². The minimum absolute atomic E-state index is 0.0634. The number of amides is 1. The Balaban J connectivity index is 1.20. The van der Waals surface area contributed by atoms with Crippen LogP contribution in [0.25, 0.3) is 22.4 Å². The van der Waals surface area contributed by atoms with Crippen LogP contribution in [0.1, 0.15) is 21.5 Å². The maximum absolute atomic E-state index is 13.5. The van der Waals surface area contributed by atoms with Gasteiger partial charge in [-0.1, -0.05) is 48.5 Å². The summed E-state index contributed by atoms with van der Waals surface area (Å²) < 4.78 is 1.42. The van der Waals surface area contributed by atoms with Gasteiger partial charge in [-0.2, -0.15) is 0 Å². The first-order valence-electron chi connectivity index (χ1n) is 14.2. The summed E-state index contributed by atoms with van der Waals surface area (Å²) >= 11 is 0. The minimum Gasteiger partial charge on any atom is -0.394 e. The number of pyridine rings is 1. The van der Waals surface area contributed by atoms with Gasteiger partial charge in [0.2, 0.25) is 0 Å². The highest BCUT2D eigenvalue weighted by Crippen LogP contribution is 2.28. The normalized spacial score (nSPS) is 14.2. The Labute approximate surface area is 244 Å². The molecule has 1 amide bonds. The predicted molar refractivity (Wildman–Crippen MR) is 165 cm³/mol. The van der Waals surface area contributed by atoms with E-state index in [2.05, 4.69) is 27.4 Å². The number of anilines is 1. The number of aromatic amines is 1. The number of rotatable bonds is 8. The van der Waals surface area contributed by atoms with E-state index in [0.29, 0.717) is 36.5 Å². The molecule has 0 bridgehead atoms. The first kappa shape index (κ1) is 27.3. The quantitative estimate of drug-likeness (QED) is 0.266. The maximum atomic E-state index is 13.5. The average molecular weight is 563 g/mol. The Hall–Kier alpha value is -4.89. The smallest absolute Gasteiger partial charge is 0.279 e. The van der Waals surface area contributed by atoms with E-state index in [9.17, 15) is 14.7 Å². The van der Waals surface area contributed by atoms with Gasteiger partial charge in [-0.15, -0.1) is 0 Å². The Bertz CT molecular complexity index is 1740. The number of nitrogens with zero attached hydrogens (tertiary/aromatic N) is 4. The number of aryl methyl sites for hydroxylation is 1. The number of piperazine rings is 1. The van der Waals surface area contributed by atoms with Crippen molar-refractivity contribution in [3.63, 3.8) is 0 Å². The highest BCUT2D eigenvalue weighted by Gasteiger charge is 2.23. The van der Waals surface area contributed by atoms with E-state index >= 15 is 0 Å². The lowest BCUT2D eigenvalue weighted by molar-refractivity contribution is 0.0747. The molecule has 0 spiro atoms. The van der Waals surface area contributed by atoms with Crippen LogP contribution >= 0.6 is 0 Å².